The van der Waals surface area contributed by atoms with Gasteiger partial charge in [0.2, 0.25) is 5.91 Å². The van der Waals surface area contributed by atoms with Crippen molar-refractivity contribution in [3.05, 3.63) is 69.2 Å². The summed E-state index contributed by atoms with van der Waals surface area (Å²) in [5, 5.41) is 4.08. The number of nitrogens with zero attached hydrogens (tertiary/aromatic N) is 2. The molecule has 3 heterocycles. The van der Waals surface area contributed by atoms with Gasteiger partial charge >= 0.3 is 0 Å². The maximum atomic E-state index is 13.8. The van der Waals surface area contributed by atoms with Gasteiger partial charge in [0.1, 0.15) is 16.3 Å². The first-order valence-corrected chi connectivity index (χ1v) is 13.2. The van der Waals surface area contributed by atoms with E-state index in [0.717, 1.165) is 47.2 Å². The lowest BCUT2D eigenvalue weighted by molar-refractivity contribution is -0.118. The molecular formula is C25H25N3O4S2. The number of aromatic nitrogens is 2. The highest BCUT2D eigenvalue weighted by Crippen LogP contribution is 2.35. The van der Waals surface area contributed by atoms with E-state index >= 15 is 0 Å². The molecule has 0 spiro atoms. The number of rotatable bonds is 8. The van der Waals surface area contributed by atoms with Crippen molar-refractivity contribution in [1.29, 1.82) is 0 Å². The maximum Gasteiger partial charge on any atom is 0.267 e. The Hall–Kier alpha value is -3.04. The Bertz CT molecular complexity index is 1360. The molecule has 5 rings (SSSR count). The van der Waals surface area contributed by atoms with Crippen LogP contribution in [0.4, 0.5) is 0 Å². The number of benzene rings is 1. The molecule has 1 N–H and O–H groups in total. The van der Waals surface area contributed by atoms with Crippen LogP contribution in [-0.2, 0) is 24.2 Å². The van der Waals surface area contributed by atoms with Gasteiger partial charge in [0.25, 0.3) is 5.56 Å². The van der Waals surface area contributed by atoms with Gasteiger partial charge in [-0.05, 0) is 74.6 Å². The summed E-state index contributed by atoms with van der Waals surface area (Å²) in [6, 6.07) is 11.0. The highest BCUT2D eigenvalue weighted by atomic mass is 32.2. The minimum atomic E-state index is -0.153. The first kappa shape index (κ1) is 22.7. The van der Waals surface area contributed by atoms with Crippen molar-refractivity contribution in [3.8, 4) is 11.4 Å². The number of thioether (sulfide) groups is 1. The Balaban J connectivity index is 1.49. The van der Waals surface area contributed by atoms with Crippen molar-refractivity contribution in [1.82, 2.24) is 14.9 Å². The number of nitrogens with one attached hydrogen (secondary N) is 1. The number of aryl methyl sites for hydroxylation is 2. The second-order valence-electron chi connectivity index (χ2n) is 8.00. The fourth-order valence-corrected chi connectivity index (χ4v) is 6.29. The zero-order valence-corrected chi connectivity index (χ0v) is 20.5. The third kappa shape index (κ3) is 4.63. The van der Waals surface area contributed by atoms with Gasteiger partial charge < -0.3 is 14.5 Å². The number of carbonyl (C=O) groups is 1. The first-order valence-electron chi connectivity index (χ1n) is 11.4. The van der Waals surface area contributed by atoms with Crippen LogP contribution < -0.4 is 15.6 Å². The largest absolute Gasteiger partial charge is 0.494 e. The number of hydrogen-bond donors (Lipinski definition) is 1. The molecule has 1 aliphatic rings. The Kier molecular flexibility index (Phi) is 6.73. The molecule has 1 aromatic carbocycles. The summed E-state index contributed by atoms with van der Waals surface area (Å²) < 4.78 is 12.5. The summed E-state index contributed by atoms with van der Waals surface area (Å²) in [4.78, 5) is 33.2. The summed E-state index contributed by atoms with van der Waals surface area (Å²) in [6.45, 7) is 2.83. The summed E-state index contributed by atoms with van der Waals surface area (Å²) >= 11 is 2.87. The predicted octanol–water partition coefficient (Wildman–Crippen LogP) is 4.73. The van der Waals surface area contributed by atoms with Crippen molar-refractivity contribution in [2.24, 2.45) is 0 Å². The fourth-order valence-electron chi connectivity index (χ4n) is 4.15. The number of furan rings is 1. The Labute approximate surface area is 205 Å². The van der Waals surface area contributed by atoms with Crippen LogP contribution in [-0.4, -0.2) is 27.8 Å². The molecular weight excluding hydrogens is 470 g/mol. The van der Waals surface area contributed by atoms with Gasteiger partial charge in [-0.15, -0.1) is 11.3 Å². The minimum absolute atomic E-state index is 0.0768. The lowest BCUT2D eigenvalue weighted by Gasteiger charge is -2.14. The van der Waals surface area contributed by atoms with E-state index in [0.29, 0.717) is 29.8 Å². The summed E-state index contributed by atoms with van der Waals surface area (Å²) in [6.07, 6.45) is 5.72. The molecule has 0 saturated heterocycles. The van der Waals surface area contributed by atoms with Gasteiger partial charge in [-0.3, -0.25) is 14.2 Å². The summed E-state index contributed by atoms with van der Waals surface area (Å²) in [7, 11) is 0. The van der Waals surface area contributed by atoms with Crippen molar-refractivity contribution >= 4 is 39.2 Å². The number of carbonyl (C=O) groups excluding carboxylic acids is 1. The van der Waals surface area contributed by atoms with Crippen LogP contribution in [0.3, 0.4) is 0 Å². The van der Waals surface area contributed by atoms with E-state index in [4.69, 9.17) is 14.1 Å². The number of fused-ring (bicyclic) bond motifs is 3. The Morgan fingerprint density at radius 1 is 1.24 bits per heavy atom. The van der Waals surface area contributed by atoms with E-state index in [9.17, 15) is 9.59 Å². The molecule has 0 fully saturated rings. The van der Waals surface area contributed by atoms with Crippen LogP contribution >= 0.6 is 23.1 Å². The van der Waals surface area contributed by atoms with Gasteiger partial charge in [-0.1, -0.05) is 11.8 Å². The van der Waals surface area contributed by atoms with Crippen LogP contribution in [0.5, 0.6) is 5.75 Å². The molecule has 4 aromatic rings. The van der Waals surface area contributed by atoms with Gasteiger partial charge in [-0.2, -0.15) is 0 Å². The van der Waals surface area contributed by atoms with Crippen molar-refractivity contribution in [2.45, 2.75) is 44.3 Å². The second kappa shape index (κ2) is 10.1. The van der Waals surface area contributed by atoms with E-state index in [-0.39, 0.29) is 17.2 Å². The quantitative estimate of drug-likeness (QED) is 0.281. The third-order valence-corrected chi connectivity index (χ3v) is 7.86. The molecule has 0 bridgehead atoms. The molecule has 34 heavy (non-hydrogen) atoms. The van der Waals surface area contributed by atoms with E-state index in [2.05, 4.69) is 5.32 Å². The number of amides is 1. The van der Waals surface area contributed by atoms with E-state index in [1.165, 1.54) is 16.6 Å². The van der Waals surface area contributed by atoms with E-state index < -0.39 is 0 Å². The van der Waals surface area contributed by atoms with Crippen LogP contribution in [0.15, 0.2) is 57.0 Å². The lowest BCUT2D eigenvalue weighted by atomic mass is 9.97. The Morgan fingerprint density at radius 2 is 2.06 bits per heavy atom. The van der Waals surface area contributed by atoms with E-state index in [1.54, 1.807) is 28.2 Å². The van der Waals surface area contributed by atoms with Gasteiger partial charge in [0.15, 0.2) is 5.16 Å². The number of hydrogen-bond acceptors (Lipinski definition) is 7. The fraction of sp³-hybridized carbons (Fsp3) is 0.320. The molecule has 3 aromatic heterocycles. The Morgan fingerprint density at radius 3 is 2.82 bits per heavy atom. The normalized spacial score (nSPS) is 13.1. The molecule has 9 heteroatoms. The average molecular weight is 496 g/mol. The van der Waals surface area contributed by atoms with Crippen LogP contribution in [0.2, 0.25) is 0 Å². The number of thiophene rings is 1. The maximum absolute atomic E-state index is 13.8. The highest BCUT2D eigenvalue weighted by molar-refractivity contribution is 7.99. The van der Waals surface area contributed by atoms with Crippen molar-refractivity contribution in [2.75, 3.05) is 12.4 Å². The van der Waals surface area contributed by atoms with Gasteiger partial charge in [0, 0.05) is 4.88 Å². The molecule has 0 aliphatic heterocycles. The van der Waals surface area contributed by atoms with Crippen LogP contribution in [0, 0.1) is 0 Å². The molecule has 0 atom stereocenters. The van der Waals surface area contributed by atoms with Gasteiger partial charge in [0.05, 0.1) is 36.2 Å². The van der Waals surface area contributed by atoms with Gasteiger partial charge in [-0.25, -0.2) is 4.98 Å². The molecule has 0 unspecified atom stereocenters. The van der Waals surface area contributed by atoms with E-state index in [1.807, 2.05) is 37.3 Å². The molecule has 0 saturated carbocycles. The average Bonchev–Trinajstić information content (AvgIpc) is 3.50. The molecule has 1 amide bonds. The third-order valence-electron chi connectivity index (χ3n) is 5.74. The van der Waals surface area contributed by atoms with Crippen molar-refractivity contribution in [3.63, 3.8) is 0 Å². The minimum Gasteiger partial charge on any atom is -0.494 e. The smallest absolute Gasteiger partial charge is 0.267 e. The van der Waals surface area contributed by atoms with Crippen LogP contribution in [0.1, 0.15) is 36.0 Å². The molecule has 176 valence electrons. The molecule has 7 nitrogen and oxygen atoms in total. The monoisotopic (exact) mass is 495 g/mol. The summed E-state index contributed by atoms with van der Waals surface area (Å²) in [5.74, 6) is 1.42. The topological polar surface area (TPSA) is 86.4 Å². The zero-order valence-electron chi connectivity index (χ0n) is 18.8. The molecule has 1 aliphatic carbocycles. The lowest BCUT2D eigenvalue weighted by Crippen LogP contribution is -2.26. The SMILES string of the molecule is CCOc1ccc(-n2c(SCC(=O)NCc3ccco3)nc3sc4c(c3c2=O)CCCC4)cc1. The standard InChI is InChI=1S/C25H25N3O4S2/c1-2-31-17-11-9-16(10-12-17)28-24(30)22-19-7-3-4-8-20(19)34-23(22)27-25(28)33-15-21(29)26-14-18-6-5-13-32-18/h5-6,9-13H,2-4,7-8,14-15H2,1H3,(H,26,29). The van der Waals surface area contributed by atoms with Crippen molar-refractivity contribution < 1.29 is 13.9 Å². The number of ether oxygens (including phenoxy) is 1. The highest BCUT2D eigenvalue weighted by Gasteiger charge is 2.23. The molecule has 0 radical (unpaired) electrons. The predicted molar refractivity (Wildman–Crippen MR) is 134 cm³/mol. The second-order valence-corrected chi connectivity index (χ2v) is 10.0. The van der Waals surface area contributed by atoms with Crippen LogP contribution in [0.25, 0.3) is 15.9 Å². The zero-order chi connectivity index (χ0) is 23.5. The first-order chi connectivity index (χ1) is 16.6. The summed E-state index contributed by atoms with van der Waals surface area (Å²) in [5.41, 5.74) is 1.78.